The highest BCUT2D eigenvalue weighted by atomic mass is 35.5. The van der Waals surface area contributed by atoms with Gasteiger partial charge in [0.05, 0.1) is 10.9 Å². The Morgan fingerprint density at radius 1 is 1.78 bits per heavy atom. The van der Waals surface area contributed by atoms with Gasteiger partial charge in [-0.25, -0.2) is 0 Å². The molecule has 0 spiro atoms. The second-order valence-corrected chi connectivity index (χ2v) is 3.58. The van der Waals surface area contributed by atoms with Crippen molar-refractivity contribution in [1.29, 1.82) is 0 Å². The topological polar surface area (TPSA) is 20.2 Å². The molecule has 0 aromatic carbocycles. The number of hydrogen-bond donors (Lipinski definition) is 1. The SMILES string of the molecule is Cc1cc(Cl)sc1CO. The molecular formula is C6H7ClOS. The van der Waals surface area contributed by atoms with Crippen LogP contribution in [0.3, 0.4) is 0 Å². The van der Waals surface area contributed by atoms with Crippen molar-refractivity contribution in [2.75, 3.05) is 0 Å². The van der Waals surface area contributed by atoms with Crippen molar-refractivity contribution in [3.05, 3.63) is 20.8 Å². The van der Waals surface area contributed by atoms with Crippen LogP contribution < -0.4 is 0 Å². The van der Waals surface area contributed by atoms with Crippen molar-refractivity contribution >= 4 is 22.9 Å². The van der Waals surface area contributed by atoms with E-state index in [-0.39, 0.29) is 6.61 Å². The van der Waals surface area contributed by atoms with Crippen LogP contribution in [0.4, 0.5) is 0 Å². The third-order valence-electron chi connectivity index (χ3n) is 1.13. The molecule has 0 bridgehead atoms. The predicted molar refractivity (Wildman–Crippen MR) is 40.0 cm³/mol. The fraction of sp³-hybridized carbons (Fsp3) is 0.333. The molecule has 0 aliphatic rings. The highest BCUT2D eigenvalue weighted by Gasteiger charge is 2.00. The number of halogens is 1. The molecule has 3 heteroatoms. The Hall–Kier alpha value is -0.0500. The maximum Gasteiger partial charge on any atom is 0.0934 e. The zero-order valence-corrected chi connectivity index (χ0v) is 6.59. The minimum Gasteiger partial charge on any atom is -0.391 e. The number of aliphatic hydroxyl groups is 1. The van der Waals surface area contributed by atoms with E-state index in [0.717, 1.165) is 14.8 Å². The number of aryl methyl sites for hydroxylation is 1. The average Bonchev–Trinajstić information content (AvgIpc) is 2.10. The van der Waals surface area contributed by atoms with Crippen LogP contribution in [-0.2, 0) is 6.61 Å². The Balaban J connectivity index is 3.01. The summed E-state index contributed by atoms with van der Waals surface area (Å²) < 4.78 is 0.747. The number of aliphatic hydroxyl groups excluding tert-OH is 1. The summed E-state index contributed by atoms with van der Waals surface area (Å²) in [4.78, 5) is 0.958. The molecule has 0 fully saturated rings. The van der Waals surface area contributed by atoms with Crippen LogP contribution >= 0.6 is 22.9 Å². The van der Waals surface area contributed by atoms with E-state index in [2.05, 4.69) is 0 Å². The molecular weight excluding hydrogens is 156 g/mol. The van der Waals surface area contributed by atoms with Crippen LogP contribution in [0.1, 0.15) is 10.4 Å². The number of rotatable bonds is 1. The van der Waals surface area contributed by atoms with E-state index < -0.39 is 0 Å². The lowest BCUT2D eigenvalue weighted by Crippen LogP contribution is -1.76. The summed E-state index contributed by atoms with van der Waals surface area (Å²) in [6, 6.07) is 1.86. The molecule has 0 atom stereocenters. The van der Waals surface area contributed by atoms with Gasteiger partial charge in [-0.3, -0.25) is 0 Å². The van der Waals surface area contributed by atoms with Crippen LogP contribution in [0.2, 0.25) is 4.34 Å². The molecule has 9 heavy (non-hydrogen) atoms. The molecule has 1 aromatic heterocycles. The lowest BCUT2D eigenvalue weighted by molar-refractivity contribution is 0.285. The van der Waals surface area contributed by atoms with Crippen molar-refractivity contribution in [2.45, 2.75) is 13.5 Å². The molecule has 0 saturated carbocycles. The van der Waals surface area contributed by atoms with Gasteiger partial charge in [0.15, 0.2) is 0 Å². The van der Waals surface area contributed by atoms with Gasteiger partial charge in [-0.15, -0.1) is 11.3 Å². The summed E-state index contributed by atoms with van der Waals surface area (Å²) >= 11 is 7.08. The number of thiophene rings is 1. The van der Waals surface area contributed by atoms with E-state index in [9.17, 15) is 0 Å². The summed E-state index contributed by atoms with van der Waals surface area (Å²) in [5, 5.41) is 8.68. The fourth-order valence-electron chi connectivity index (χ4n) is 0.635. The smallest absolute Gasteiger partial charge is 0.0934 e. The Labute approximate surface area is 62.9 Å². The summed E-state index contributed by atoms with van der Waals surface area (Å²) in [6.45, 7) is 2.04. The molecule has 50 valence electrons. The van der Waals surface area contributed by atoms with Gasteiger partial charge < -0.3 is 5.11 Å². The highest BCUT2D eigenvalue weighted by molar-refractivity contribution is 7.16. The van der Waals surface area contributed by atoms with E-state index in [1.165, 1.54) is 11.3 Å². The van der Waals surface area contributed by atoms with Gasteiger partial charge in [0, 0.05) is 4.88 Å². The zero-order valence-electron chi connectivity index (χ0n) is 5.02. The van der Waals surface area contributed by atoms with E-state index in [0.29, 0.717) is 0 Å². The van der Waals surface area contributed by atoms with Gasteiger partial charge in [-0.05, 0) is 18.6 Å². The van der Waals surface area contributed by atoms with Crippen LogP contribution in [0.5, 0.6) is 0 Å². The van der Waals surface area contributed by atoms with Crippen LogP contribution in [0.25, 0.3) is 0 Å². The largest absolute Gasteiger partial charge is 0.391 e. The van der Waals surface area contributed by atoms with Crippen molar-refractivity contribution in [3.8, 4) is 0 Å². The fourth-order valence-corrected chi connectivity index (χ4v) is 1.83. The molecule has 0 radical (unpaired) electrons. The minimum absolute atomic E-state index is 0.100. The first-order valence-electron chi connectivity index (χ1n) is 2.59. The third kappa shape index (κ3) is 1.45. The van der Waals surface area contributed by atoms with Crippen LogP contribution in [-0.4, -0.2) is 5.11 Å². The molecule has 0 amide bonds. The van der Waals surface area contributed by atoms with Gasteiger partial charge in [0.1, 0.15) is 0 Å². The van der Waals surface area contributed by atoms with Crippen LogP contribution in [0, 0.1) is 6.92 Å². The van der Waals surface area contributed by atoms with E-state index in [1.54, 1.807) is 0 Å². The monoisotopic (exact) mass is 162 g/mol. The standard InChI is InChI=1S/C6H7ClOS/c1-4-2-6(7)9-5(4)3-8/h2,8H,3H2,1H3. The van der Waals surface area contributed by atoms with Gasteiger partial charge in [-0.1, -0.05) is 11.6 Å². The first kappa shape index (κ1) is 7.06. The summed E-state index contributed by atoms with van der Waals surface area (Å²) in [7, 11) is 0. The maximum atomic E-state index is 8.68. The molecule has 1 rings (SSSR count). The Morgan fingerprint density at radius 2 is 2.44 bits per heavy atom. The first-order valence-corrected chi connectivity index (χ1v) is 3.79. The second-order valence-electron chi connectivity index (χ2n) is 1.81. The predicted octanol–water partition coefficient (Wildman–Crippen LogP) is 2.20. The number of hydrogen-bond acceptors (Lipinski definition) is 2. The second kappa shape index (κ2) is 2.69. The first-order chi connectivity index (χ1) is 4.24. The van der Waals surface area contributed by atoms with Crippen molar-refractivity contribution < 1.29 is 5.11 Å². The molecule has 1 heterocycles. The molecule has 0 saturated heterocycles. The minimum atomic E-state index is 0.100. The third-order valence-corrected chi connectivity index (χ3v) is 2.49. The Morgan fingerprint density at radius 3 is 2.67 bits per heavy atom. The molecule has 1 N–H and O–H groups in total. The van der Waals surface area contributed by atoms with E-state index >= 15 is 0 Å². The summed E-state index contributed by atoms with van der Waals surface area (Å²) in [5.41, 5.74) is 1.08. The summed E-state index contributed by atoms with van der Waals surface area (Å²) in [6.07, 6.45) is 0. The van der Waals surface area contributed by atoms with Gasteiger partial charge >= 0.3 is 0 Å². The van der Waals surface area contributed by atoms with E-state index in [1.807, 2.05) is 13.0 Å². The Kier molecular flexibility index (Phi) is 2.11. The van der Waals surface area contributed by atoms with Gasteiger partial charge in [0.25, 0.3) is 0 Å². The van der Waals surface area contributed by atoms with Crippen LogP contribution in [0.15, 0.2) is 6.07 Å². The highest BCUT2D eigenvalue weighted by Crippen LogP contribution is 2.25. The molecule has 0 aliphatic heterocycles. The quantitative estimate of drug-likeness (QED) is 0.672. The van der Waals surface area contributed by atoms with Gasteiger partial charge in [0.2, 0.25) is 0 Å². The molecule has 0 aliphatic carbocycles. The van der Waals surface area contributed by atoms with Gasteiger partial charge in [-0.2, -0.15) is 0 Å². The average molecular weight is 163 g/mol. The zero-order chi connectivity index (χ0) is 6.85. The maximum absolute atomic E-state index is 8.68. The normalized spacial score (nSPS) is 10.1. The van der Waals surface area contributed by atoms with Crippen molar-refractivity contribution in [2.24, 2.45) is 0 Å². The molecule has 1 aromatic rings. The molecule has 1 nitrogen and oxygen atoms in total. The van der Waals surface area contributed by atoms with Crippen molar-refractivity contribution in [1.82, 2.24) is 0 Å². The summed E-state index contributed by atoms with van der Waals surface area (Å²) in [5.74, 6) is 0. The lowest BCUT2D eigenvalue weighted by atomic mass is 10.3. The lowest BCUT2D eigenvalue weighted by Gasteiger charge is -1.87. The molecule has 0 unspecified atom stereocenters. The van der Waals surface area contributed by atoms with E-state index in [4.69, 9.17) is 16.7 Å². The van der Waals surface area contributed by atoms with Crippen molar-refractivity contribution in [3.63, 3.8) is 0 Å². The Bertz CT molecular complexity index is 207.